The number of hydrogen-bond acceptors (Lipinski definition) is 6. The number of nitrogens with zero attached hydrogens (tertiary/aromatic N) is 3. The van der Waals surface area contributed by atoms with Gasteiger partial charge in [0.05, 0.1) is 11.1 Å². The highest BCUT2D eigenvalue weighted by atomic mass is 35.5. The van der Waals surface area contributed by atoms with Gasteiger partial charge in [-0.1, -0.05) is 11.6 Å². The number of halogens is 1. The van der Waals surface area contributed by atoms with Crippen LogP contribution in [0, 0.1) is 10.1 Å². The van der Waals surface area contributed by atoms with Crippen LogP contribution in [0.3, 0.4) is 0 Å². The predicted octanol–water partition coefficient (Wildman–Crippen LogP) is 1.47. The summed E-state index contributed by atoms with van der Waals surface area (Å²) >= 11 is 5.55. The minimum Gasteiger partial charge on any atom is -0.504 e. The second-order valence-corrected chi connectivity index (χ2v) is 4.38. The van der Waals surface area contributed by atoms with Crippen molar-refractivity contribution in [2.24, 2.45) is 0 Å². The van der Waals surface area contributed by atoms with Crippen molar-refractivity contribution >= 4 is 40.3 Å². The molecule has 2 aromatic heterocycles. The van der Waals surface area contributed by atoms with Crippen molar-refractivity contribution in [3.05, 3.63) is 44.9 Å². The average molecular weight is 294 g/mol. The van der Waals surface area contributed by atoms with Crippen LogP contribution in [0.2, 0.25) is 0 Å². The molecule has 0 aliphatic heterocycles. The molecule has 2 heterocycles. The Morgan fingerprint density at radius 2 is 2.00 bits per heavy atom. The summed E-state index contributed by atoms with van der Waals surface area (Å²) in [6.07, 6.45) is 1.05. The van der Waals surface area contributed by atoms with Crippen molar-refractivity contribution in [2.75, 3.05) is 0 Å². The third-order valence-corrected chi connectivity index (χ3v) is 3.22. The van der Waals surface area contributed by atoms with Crippen LogP contribution in [0.25, 0.3) is 11.4 Å². The summed E-state index contributed by atoms with van der Waals surface area (Å²) in [6.45, 7) is 0. The van der Waals surface area contributed by atoms with Gasteiger partial charge in [-0.2, -0.15) is 0 Å². The molecule has 0 spiro atoms. The molecule has 1 aliphatic rings. The standard InChI is InChI=1S/C11H4ClN3O5/c12-6-9(16)7-8(11(18)10(6)17)14-3-4(15(19)20)1-2-5(14)13-7/h1-3,16H. The van der Waals surface area contributed by atoms with E-state index >= 15 is 0 Å². The second kappa shape index (κ2) is 3.87. The number of allylic oxidation sites excluding steroid dienone is 1. The highest BCUT2D eigenvalue weighted by molar-refractivity contribution is 6.63. The molecule has 0 atom stereocenters. The summed E-state index contributed by atoms with van der Waals surface area (Å²) in [4.78, 5) is 37.5. The molecular formula is C11H4ClN3O5. The quantitative estimate of drug-likeness (QED) is 0.483. The van der Waals surface area contributed by atoms with E-state index < -0.39 is 27.3 Å². The molecule has 0 bridgehead atoms. The summed E-state index contributed by atoms with van der Waals surface area (Å²) in [5.41, 5.74) is -0.506. The summed E-state index contributed by atoms with van der Waals surface area (Å²) < 4.78 is 1.09. The van der Waals surface area contributed by atoms with Crippen LogP contribution in [-0.2, 0) is 4.79 Å². The van der Waals surface area contributed by atoms with E-state index in [9.17, 15) is 24.8 Å². The number of carbonyl (C=O) groups is 2. The first kappa shape index (κ1) is 12.3. The van der Waals surface area contributed by atoms with Gasteiger partial charge in [0.1, 0.15) is 22.1 Å². The summed E-state index contributed by atoms with van der Waals surface area (Å²) in [5, 5.41) is 19.9. The molecule has 0 radical (unpaired) electrons. The highest BCUT2D eigenvalue weighted by Crippen LogP contribution is 2.30. The van der Waals surface area contributed by atoms with Gasteiger partial charge in [-0.3, -0.25) is 24.1 Å². The number of Topliss-reactive ketones (excluding diaryl/α,β-unsaturated/α-hetero) is 2. The lowest BCUT2D eigenvalue weighted by Crippen LogP contribution is -2.23. The number of rotatable bonds is 1. The van der Waals surface area contributed by atoms with Crippen molar-refractivity contribution in [3.63, 3.8) is 0 Å². The van der Waals surface area contributed by atoms with E-state index in [2.05, 4.69) is 4.98 Å². The molecule has 9 heteroatoms. The Balaban J connectivity index is 2.41. The maximum Gasteiger partial charge on any atom is 0.286 e. The lowest BCUT2D eigenvalue weighted by atomic mass is 10.0. The van der Waals surface area contributed by atoms with Crippen molar-refractivity contribution in [1.82, 2.24) is 9.38 Å². The van der Waals surface area contributed by atoms with Crippen LogP contribution in [0.1, 0.15) is 16.2 Å². The molecule has 0 amide bonds. The fraction of sp³-hybridized carbons (Fsp3) is 0. The van der Waals surface area contributed by atoms with Gasteiger partial charge in [-0.05, 0) is 6.07 Å². The van der Waals surface area contributed by atoms with Crippen molar-refractivity contribution < 1.29 is 19.6 Å². The Morgan fingerprint density at radius 1 is 1.30 bits per heavy atom. The molecule has 0 saturated heterocycles. The molecular weight excluding hydrogens is 290 g/mol. The van der Waals surface area contributed by atoms with Crippen molar-refractivity contribution in [3.8, 4) is 0 Å². The Hall–Kier alpha value is -2.74. The van der Waals surface area contributed by atoms with Crippen LogP contribution in [0.15, 0.2) is 23.4 Å². The molecule has 0 fully saturated rings. The normalized spacial score (nSPS) is 14.8. The van der Waals surface area contributed by atoms with Crippen molar-refractivity contribution in [1.29, 1.82) is 0 Å². The van der Waals surface area contributed by atoms with E-state index in [0.29, 0.717) is 0 Å². The molecule has 0 unspecified atom stereocenters. The summed E-state index contributed by atoms with van der Waals surface area (Å²) in [6, 6.07) is 2.50. The van der Waals surface area contributed by atoms with Gasteiger partial charge in [0.2, 0.25) is 5.78 Å². The number of carbonyl (C=O) groups excluding carboxylic acids is 2. The second-order valence-electron chi connectivity index (χ2n) is 4.00. The molecule has 1 N–H and O–H groups in total. The molecule has 8 nitrogen and oxygen atoms in total. The van der Waals surface area contributed by atoms with Crippen molar-refractivity contribution in [2.45, 2.75) is 0 Å². The maximum absolute atomic E-state index is 11.9. The molecule has 0 saturated carbocycles. The zero-order valence-electron chi connectivity index (χ0n) is 9.53. The highest BCUT2D eigenvalue weighted by Gasteiger charge is 2.36. The Kier molecular flexibility index (Phi) is 2.38. The number of pyridine rings is 1. The Bertz CT molecular complexity index is 851. The van der Waals surface area contributed by atoms with E-state index in [1.165, 1.54) is 12.1 Å². The average Bonchev–Trinajstić information content (AvgIpc) is 2.81. The first-order valence-corrected chi connectivity index (χ1v) is 5.64. The number of hydrogen-bond donors (Lipinski definition) is 1. The topological polar surface area (TPSA) is 115 Å². The number of nitro groups is 1. The Morgan fingerprint density at radius 3 is 2.65 bits per heavy atom. The van der Waals surface area contributed by atoms with Crippen LogP contribution < -0.4 is 0 Å². The van der Waals surface area contributed by atoms with Crippen LogP contribution in [-0.4, -0.2) is 31.0 Å². The summed E-state index contributed by atoms with van der Waals surface area (Å²) in [7, 11) is 0. The van der Waals surface area contributed by atoms with E-state index in [0.717, 1.165) is 10.6 Å². The van der Waals surface area contributed by atoms with Gasteiger partial charge in [0.25, 0.3) is 11.5 Å². The number of aliphatic hydroxyl groups excluding tert-OH is 1. The number of imidazole rings is 1. The maximum atomic E-state index is 11.9. The van der Waals surface area contributed by atoms with E-state index in [1.807, 2.05) is 0 Å². The number of fused-ring (bicyclic) bond motifs is 3. The van der Waals surface area contributed by atoms with Crippen LogP contribution in [0.4, 0.5) is 5.69 Å². The molecule has 100 valence electrons. The molecule has 2 aromatic rings. The van der Waals surface area contributed by atoms with Gasteiger partial charge < -0.3 is 5.11 Å². The zero-order valence-corrected chi connectivity index (χ0v) is 10.3. The molecule has 20 heavy (non-hydrogen) atoms. The van der Waals surface area contributed by atoms with Gasteiger partial charge in [0, 0.05) is 6.07 Å². The molecule has 0 aromatic carbocycles. The minimum atomic E-state index is -1.08. The SMILES string of the molecule is O=C1C(=O)c2c(nc3ccc([N+](=O)[O-])cn23)C(O)=C1Cl. The molecule has 3 rings (SSSR count). The fourth-order valence-corrected chi connectivity index (χ4v) is 2.12. The number of aliphatic hydroxyl groups is 1. The molecule has 1 aliphatic carbocycles. The number of ketones is 2. The third kappa shape index (κ3) is 1.45. The van der Waals surface area contributed by atoms with Gasteiger partial charge in [0.15, 0.2) is 5.76 Å². The summed E-state index contributed by atoms with van der Waals surface area (Å²) in [5.74, 6) is -2.67. The van der Waals surface area contributed by atoms with Gasteiger partial charge >= 0.3 is 0 Å². The van der Waals surface area contributed by atoms with E-state index in [1.54, 1.807) is 0 Å². The van der Waals surface area contributed by atoms with E-state index in [4.69, 9.17) is 11.6 Å². The van der Waals surface area contributed by atoms with Crippen LogP contribution in [0.5, 0.6) is 0 Å². The lowest BCUT2D eigenvalue weighted by Gasteiger charge is -2.09. The monoisotopic (exact) mass is 293 g/mol. The lowest BCUT2D eigenvalue weighted by molar-refractivity contribution is -0.385. The first-order chi connectivity index (χ1) is 9.41. The first-order valence-electron chi connectivity index (χ1n) is 5.26. The van der Waals surface area contributed by atoms with Gasteiger partial charge in [-0.15, -0.1) is 0 Å². The Labute approximate surface area is 115 Å². The van der Waals surface area contributed by atoms with Gasteiger partial charge in [-0.25, -0.2) is 4.98 Å². The van der Waals surface area contributed by atoms with Crippen LogP contribution >= 0.6 is 11.6 Å². The largest absolute Gasteiger partial charge is 0.504 e. The fourth-order valence-electron chi connectivity index (χ4n) is 1.94. The predicted molar refractivity (Wildman–Crippen MR) is 66.6 cm³/mol. The van der Waals surface area contributed by atoms with E-state index in [-0.39, 0.29) is 22.7 Å². The third-order valence-electron chi connectivity index (χ3n) is 2.87. The number of aromatic nitrogens is 2. The smallest absolute Gasteiger partial charge is 0.286 e. The minimum absolute atomic E-state index is 0.167. The zero-order chi connectivity index (χ0) is 14.6.